The summed E-state index contributed by atoms with van der Waals surface area (Å²) in [4.78, 5) is 14.0. The maximum absolute atomic E-state index is 10.6. The SMILES string of the molecule is O=[N+]([O-])c1ccc(Oc2ncccc2CO)c(Cl)c1. The molecule has 0 aliphatic rings. The Hall–Kier alpha value is -2.18. The lowest BCUT2D eigenvalue weighted by Crippen LogP contribution is -1.95. The number of benzene rings is 1. The molecule has 0 fully saturated rings. The number of halogens is 1. The monoisotopic (exact) mass is 280 g/mol. The van der Waals surface area contributed by atoms with Gasteiger partial charge in [0.05, 0.1) is 16.6 Å². The van der Waals surface area contributed by atoms with Gasteiger partial charge in [-0.3, -0.25) is 10.1 Å². The molecule has 1 aromatic carbocycles. The Bertz CT molecular complexity index is 618. The van der Waals surface area contributed by atoms with Crippen molar-refractivity contribution < 1.29 is 14.8 Å². The Labute approximate surface area is 113 Å². The van der Waals surface area contributed by atoms with Crippen molar-refractivity contribution in [2.75, 3.05) is 0 Å². The standard InChI is InChI=1S/C12H9ClN2O4/c13-10-6-9(15(17)18)3-4-11(10)19-12-8(7-16)2-1-5-14-12/h1-6,16H,7H2. The van der Waals surface area contributed by atoms with Gasteiger partial charge in [-0.15, -0.1) is 0 Å². The van der Waals surface area contributed by atoms with Crippen molar-refractivity contribution in [3.05, 3.63) is 57.2 Å². The quantitative estimate of drug-likeness (QED) is 0.687. The van der Waals surface area contributed by atoms with E-state index in [1.54, 1.807) is 12.1 Å². The number of ether oxygens (including phenoxy) is 1. The van der Waals surface area contributed by atoms with Crippen molar-refractivity contribution in [1.82, 2.24) is 4.98 Å². The molecule has 19 heavy (non-hydrogen) atoms. The third-order valence-corrected chi connectivity index (χ3v) is 2.65. The van der Waals surface area contributed by atoms with Gasteiger partial charge in [0, 0.05) is 23.9 Å². The summed E-state index contributed by atoms with van der Waals surface area (Å²) in [6, 6.07) is 7.18. The second-order valence-electron chi connectivity index (χ2n) is 3.60. The highest BCUT2D eigenvalue weighted by atomic mass is 35.5. The fraction of sp³-hybridized carbons (Fsp3) is 0.0833. The van der Waals surface area contributed by atoms with Crippen molar-refractivity contribution in [3.63, 3.8) is 0 Å². The van der Waals surface area contributed by atoms with Crippen molar-refractivity contribution in [1.29, 1.82) is 0 Å². The molecular formula is C12H9ClN2O4. The summed E-state index contributed by atoms with van der Waals surface area (Å²) < 4.78 is 5.44. The smallest absolute Gasteiger partial charge is 0.271 e. The number of aliphatic hydroxyl groups excluding tert-OH is 1. The van der Waals surface area contributed by atoms with E-state index in [1.165, 1.54) is 24.4 Å². The van der Waals surface area contributed by atoms with Crippen LogP contribution in [0.25, 0.3) is 0 Å². The third kappa shape index (κ3) is 2.98. The zero-order valence-corrected chi connectivity index (χ0v) is 10.4. The van der Waals surface area contributed by atoms with Crippen LogP contribution < -0.4 is 4.74 Å². The Kier molecular flexibility index (Phi) is 3.94. The Balaban J connectivity index is 2.31. The minimum Gasteiger partial charge on any atom is -0.437 e. The molecule has 1 N–H and O–H groups in total. The molecule has 0 aliphatic heterocycles. The minimum absolute atomic E-state index is 0.101. The van der Waals surface area contributed by atoms with E-state index in [0.29, 0.717) is 5.56 Å². The number of aliphatic hydroxyl groups is 1. The average Bonchev–Trinajstić information content (AvgIpc) is 2.41. The average molecular weight is 281 g/mol. The van der Waals surface area contributed by atoms with E-state index in [4.69, 9.17) is 21.4 Å². The maximum atomic E-state index is 10.6. The highest BCUT2D eigenvalue weighted by molar-refractivity contribution is 6.32. The molecule has 0 spiro atoms. The summed E-state index contributed by atoms with van der Waals surface area (Å²) in [7, 11) is 0. The van der Waals surface area contributed by atoms with Crippen molar-refractivity contribution in [2.24, 2.45) is 0 Å². The summed E-state index contributed by atoms with van der Waals surface area (Å²) >= 11 is 5.90. The van der Waals surface area contributed by atoms with Gasteiger partial charge in [0.15, 0.2) is 0 Å². The number of hydrogen-bond donors (Lipinski definition) is 1. The van der Waals surface area contributed by atoms with Gasteiger partial charge in [-0.1, -0.05) is 11.6 Å². The van der Waals surface area contributed by atoms with Gasteiger partial charge in [-0.2, -0.15) is 0 Å². The molecule has 0 bridgehead atoms. The van der Waals surface area contributed by atoms with Gasteiger partial charge in [0.1, 0.15) is 5.75 Å². The van der Waals surface area contributed by atoms with Crippen LogP contribution in [0.4, 0.5) is 5.69 Å². The Morgan fingerprint density at radius 2 is 2.21 bits per heavy atom. The first kappa shape index (κ1) is 13.3. The molecular weight excluding hydrogens is 272 g/mol. The van der Waals surface area contributed by atoms with E-state index in [-0.39, 0.29) is 28.9 Å². The number of non-ortho nitro benzene ring substituents is 1. The van der Waals surface area contributed by atoms with E-state index >= 15 is 0 Å². The number of nitro groups is 1. The first-order valence-corrected chi connectivity index (χ1v) is 5.66. The number of nitrogens with zero attached hydrogens (tertiary/aromatic N) is 2. The summed E-state index contributed by atoms with van der Waals surface area (Å²) in [5.74, 6) is 0.446. The molecule has 1 aromatic heterocycles. The minimum atomic E-state index is -0.546. The highest BCUT2D eigenvalue weighted by Gasteiger charge is 2.12. The van der Waals surface area contributed by atoms with Gasteiger partial charge in [-0.05, 0) is 18.2 Å². The van der Waals surface area contributed by atoms with E-state index in [9.17, 15) is 10.1 Å². The number of hydrogen-bond acceptors (Lipinski definition) is 5. The van der Waals surface area contributed by atoms with E-state index in [0.717, 1.165) is 0 Å². The fourth-order valence-corrected chi connectivity index (χ4v) is 1.64. The predicted molar refractivity (Wildman–Crippen MR) is 68.3 cm³/mol. The van der Waals surface area contributed by atoms with Crippen LogP contribution in [0.5, 0.6) is 11.6 Å². The van der Waals surface area contributed by atoms with Crippen LogP contribution in [-0.2, 0) is 6.61 Å². The summed E-state index contributed by atoms with van der Waals surface area (Å²) in [6.45, 7) is -0.228. The first-order chi connectivity index (χ1) is 9.11. The van der Waals surface area contributed by atoms with Gasteiger partial charge in [-0.25, -0.2) is 4.98 Å². The first-order valence-electron chi connectivity index (χ1n) is 5.28. The molecule has 7 heteroatoms. The molecule has 2 aromatic rings. The molecule has 2 rings (SSSR count). The molecule has 0 aliphatic carbocycles. The van der Waals surface area contributed by atoms with Gasteiger partial charge < -0.3 is 9.84 Å². The van der Waals surface area contributed by atoms with Gasteiger partial charge >= 0.3 is 0 Å². The fourth-order valence-electron chi connectivity index (χ4n) is 1.43. The van der Waals surface area contributed by atoms with E-state index in [2.05, 4.69) is 4.98 Å². The molecule has 0 saturated carbocycles. The molecule has 1 heterocycles. The van der Waals surface area contributed by atoms with Crippen molar-refractivity contribution in [2.45, 2.75) is 6.61 Å². The van der Waals surface area contributed by atoms with Crippen LogP contribution in [0, 0.1) is 10.1 Å². The van der Waals surface area contributed by atoms with Crippen molar-refractivity contribution >= 4 is 17.3 Å². The van der Waals surface area contributed by atoms with Gasteiger partial charge in [0.25, 0.3) is 5.69 Å². The molecule has 6 nitrogen and oxygen atoms in total. The predicted octanol–water partition coefficient (Wildman–Crippen LogP) is 2.93. The van der Waals surface area contributed by atoms with E-state index in [1.807, 2.05) is 0 Å². The lowest BCUT2D eigenvalue weighted by Gasteiger charge is -2.09. The molecule has 0 atom stereocenters. The third-order valence-electron chi connectivity index (χ3n) is 2.35. The Morgan fingerprint density at radius 1 is 1.42 bits per heavy atom. The van der Waals surface area contributed by atoms with Crippen molar-refractivity contribution in [3.8, 4) is 11.6 Å². The molecule has 0 saturated heterocycles. The maximum Gasteiger partial charge on any atom is 0.271 e. The lowest BCUT2D eigenvalue weighted by molar-refractivity contribution is -0.384. The van der Waals surface area contributed by atoms with Crippen LogP contribution in [0.15, 0.2) is 36.5 Å². The van der Waals surface area contributed by atoms with Gasteiger partial charge in [0.2, 0.25) is 5.88 Å². The normalized spacial score (nSPS) is 10.2. The molecule has 98 valence electrons. The molecule has 0 amide bonds. The van der Waals surface area contributed by atoms with Crippen LogP contribution in [0.1, 0.15) is 5.56 Å². The van der Waals surface area contributed by atoms with Crippen LogP contribution in [0.3, 0.4) is 0 Å². The molecule has 0 radical (unpaired) electrons. The second-order valence-corrected chi connectivity index (χ2v) is 4.01. The highest BCUT2D eigenvalue weighted by Crippen LogP contribution is 2.32. The molecule has 0 unspecified atom stereocenters. The lowest BCUT2D eigenvalue weighted by atomic mass is 10.3. The Morgan fingerprint density at radius 3 is 2.84 bits per heavy atom. The zero-order valence-electron chi connectivity index (χ0n) is 9.62. The van der Waals surface area contributed by atoms with E-state index < -0.39 is 4.92 Å². The van der Waals surface area contributed by atoms with Crippen LogP contribution in [-0.4, -0.2) is 15.0 Å². The number of rotatable bonds is 4. The second kappa shape index (κ2) is 5.64. The van der Waals surface area contributed by atoms with Crippen LogP contribution >= 0.6 is 11.6 Å². The summed E-state index contributed by atoms with van der Waals surface area (Å²) in [5, 5.41) is 19.8. The topological polar surface area (TPSA) is 85.5 Å². The zero-order chi connectivity index (χ0) is 13.8. The largest absolute Gasteiger partial charge is 0.437 e. The number of nitro benzene ring substituents is 1. The summed E-state index contributed by atoms with van der Waals surface area (Å²) in [6.07, 6.45) is 1.51. The van der Waals surface area contributed by atoms with Crippen LogP contribution in [0.2, 0.25) is 5.02 Å². The number of pyridine rings is 1. The number of aromatic nitrogens is 1. The summed E-state index contributed by atoms with van der Waals surface area (Å²) in [5.41, 5.74) is 0.373.